The molecule has 0 aliphatic carbocycles. The van der Waals surface area contributed by atoms with E-state index >= 15 is 0 Å². The molecule has 0 heterocycles. The second kappa shape index (κ2) is 5.41. The number of rotatable bonds is 5. The molecule has 1 rings (SSSR count). The zero-order valence-corrected chi connectivity index (χ0v) is 8.24. The van der Waals surface area contributed by atoms with Gasteiger partial charge in [0, 0.05) is 24.1 Å². The molecule has 1 aromatic carbocycles. The molecule has 0 aliphatic heterocycles. The molecule has 6 heteroatoms. The minimum Gasteiger partial charge on any atom is -0.508 e. The van der Waals surface area contributed by atoms with Gasteiger partial charge >= 0.3 is 5.97 Å². The third-order valence-corrected chi connectivity index (χ3v) is 1.85. The minimum atomic E-state index is -1.15. The molecule has 0 saturated carbocycles. The number of hydrogen-bond donors (Lipinski definition) is 2. The van der Waals surface area contributed by atoms with Gasteiger partial charge in [-0.1, -0.05) is 0 Å². The van der Waals surface area contributed by atoms with Crippen LogP contribution in [0.1, 0.15) is 5.56 Å². The van der Waals surface area contributed by atoms with E-state index in [1.807, 2.05) is 0 Å². The average molecular weight is 232 g/mol. The number of carboxylic acid groups (broad SMARTS) is 1. The summed E-state index contributed by atoms with van der Waals surface area (Å²) in [7, 11) is 0. The summed E-state index contributed by atoms with van der Waals surface area (Å²) in [5, 5.41) is 17.1. The summed E-state index contributed by atoms with van der Waals surface area (Å²) in [6.45, 7) is -0.619. The van der Waals surface area contributed by atoms with Crippen molar-refractivity contribution < 1.29 is 28.5 Å². The Morgan fingerprint density at radius 3 is 2.38 bits per heavy atom. The van der Waals surface area contributed by atoms with Crippen molar-refractivity contribution in [2.75, 3.05) is 13.2 Å². The lowest BCUT2D eigenvalue weighted by Crippen LogP contribution is -2.10. The van der Waals surface area contributed by atoms with Crippen LogP contribution < -0.4 is 0 Å². The van der Waals surface area contributed by atoms with Crippen molar-refractivity contribution in [1.82, 2.24) is 0 Å². The topological polar surface area (TPSA) is 66.8 Å². The Bertz CT molecular complexity index is 369. The van der Waals surface area contributed by atoms with Gasteiger partial charge in [0.25, 0.3) is 0 Å². The van der Waals surface area contributed by atoms with Gasteiger partial charge in [-0.15, -0.1) is 0 Å². The summed E-state index contributed by atoms with van der Waals surface area (Å²) in [5.74, 6) is -3.40. The van der Waals surface area contributed by atoms with Crippen molar-refractivity contribution in [3.8, 4) is 5.75 Å². The number of phenols is 1. The van der Waals surface area contributed by atoms with Crippen LogP contribution in [0.2, 0.25) is 0 Å². The second-order valence-electron chi connectivity index (χ2n) is 3.08. The Hall–Kier alpha value is -1.69. The summed E-state index contributed by atoms with van der Waals surface area (Å²) in [6, 6.07) is 1.57. The quantitative estimate of drug-likeness (QED) is 0.751. The summed E-state index contributed by atoms with van der Waals surface area (Å²) in [5.41, 5.74) is -0.233. The highest BCUT2D eigenvalue weighted by Crippen LogP contribution is 2.19. The van der Waals surface area contributed by atoms with E-state index in [1.165, 1.54) is 0 Å². The van der Waals surface area contributed by atoms with E-state index in [9.17, 15) is 13.6 Å². The van der Waals surface area contributed by atoms with E-state index in [4.69, 9.17) is 10.2 Å². The third kappa shape index (κ3) is 3.47. The Balaban J connectivity index is 2.57. The molecular formula is C10H10F2O4. The predicted octanol–water partition coefficient (Wildman–Crippen LogP) is 1.31. The summed E-state index contributed by atoms with van der Waals surface area (Å²) in [6.07, 6.45) is -0.0920. The number of hydrogen-bond acceptors (Lipinski definition) is 3. The van der Waals surface area contributed by atoms with Crippen LogP contribution in [-0.4, -0.2) is 29.4 Å². The molecule has 0 aliphatic rings. The predicted molar refractivity (Wildman–Crippen MR) is 50.2 cm³/mol. The molecule has 0 bridgehead atoms. The average Bonchev–Trinajstić information content (AvgIpc) is 2.14. The first-order chi connectivity index (χ1) is 7.50. The van der Waals surface area contributed by atoms with Crippen molar-refractivity contribution >= 4 is 5.97 Å². The van der Waals surface area contributed by atoms with Gasteiger partial charge in [0.05, 0.1) is 6.61 Å². The maximum absolute atomic E-state index is 13.1. The van der Waals surface area contributed by atoms with Crippen molar-refractivity contribution in [2.45, 2.75) is 6.42 Å². The number of carboxylic acids is 1. The molecule has 0 aromatic heterocycles. The lowest BCUT2D eigenvalue weighted by atomic mass is 10.1. The first-order valence-electron chi connectivity index (χ1n) is 4.47. The molecule has 88 valence electrons. The van der Waals surface area contributed by atoms with Crippen LogP contribution in [-0.2, 0) is 16.0 Å². The molecule has 0 fully saturated rings. The molecule has 0 unspecified atom stereocenters. The van der Waals surface area contributed by atoms with Crippen LogP contribution in [0, 0.1) is 11.6 Å². The zero-order chi connectivity index (χ0) is 12.1. The Kier molecular flexibility index (Phi) is 4.19. The lowest BCUT2D eigenvalue weighted by molar-refractivity contribution is -0.142. The zero-order valence-electron chi connectivity index (χ0n) is 8.24. The van der Waals surface area contributed by atoms with E-state index in [1.54, 1.807) is 0 Å². The summed E-state index contributed by atoms with van der Waals surface area (Å²) < 4.78 is 30.9. The smallest absolute Gasteiger partial charge is 0.329 e. The van der Waals surface area contributed by atoms with Gasteiger partial charge in [-0.05, 0) is 0 Å². The summed E-state index contributed by atoms with van der Waals surface area (Å²) in [4.78, 5) is 10.1. The molecule has 0 spiro atoms. The fraction of sp³-hybridized carbons (Fsp3) is 0.300. The molecule has 0 atom stereocenters. The molecular weight excluding hydrogens is 222 g/mol. The SMILES string of the molecule is O=C(O)COCCc1c(F)cc(O)cc1F. The maximum atomic E-state index is 13.1. The summed E-state index contributed by atoms with van der Waals surface area (Å²) >= 11 is 0. The normalized spacial score (nSPS) is 10.4. The van der Waals surface area contributed by atoms with E-state index < -0.39 is 30.0 Å². The van der Waals surface area contributed by atoms with E-state index in [2.05, 4.69) is 4.74 Å². The third-order valence-electron chi connectivity index (χ3n) is 1.85. The van der Waals surface area contributed by atoms with Gasteiger partial charge in [-0.25, -0.2) is 13.6 Å². The monoisotopic (exact) mass is 232 g/mol. The molecule has 2 N–H and O–H groups in total. The van der Waals surface area contributed by atoms with Gasteiger partial charge in [0.15, 0.2) is 0 Å². The molecule has 0 amide bonds. The van der Waals surface area contributed by atoms with E-state index in [-0.39, 0.29) is 18.6 Å². The molecule has 4 nitrogen and oxygen atoms in total. The number of aliphatic carboxylic acids is 1. The standard InChI is InChI=1S/C10H10F2O4/c11-8-3-6(13)4-9(12)7(8)1-2-16-5-10(14)15/h3-4,13H,1-2,5H2,(H,14,15). The maximum Gasteiger partial charge on any atom is 0.329 e. The van der Waals surface area contributed by atoms with Gasteiger partial charge in [-0.3, -0.25) is 0 Å². The highest BCUT2D eigenvalue weighted by atomic mass is 19.1. The van der Waals surface area contributed by atoms with Gasteiger partial charge in [-0.2, -0.15) is 0 Å². The second-order valence-corrected chi connectivity index (χ2v) is 3.08. The largest absolute Gasteiger partial charge is 0.508 e. The minimum absolute atomic E-state index is 0.0920. The molecule has 1 aromatic rings. The Morgan fingerprint density at radius 2 is 1.88 bits per heavy atom. The number of ether oxygens (including phenoxy) is 1. The molecule has 0 radical (unpaired) electrons. The van der Waals surface area contributed by atoms with Crippen molar-refractivity contribution in [3.05, 3.63) is 29.3 Å². The number of halogens is 2. The molecule has 16 heavy (non-hydrogen) atoms. The number of aromatic hydroxyl groups is 1. The van der Waals surface area contributed by atoms with Gasteiger partial charge < -0.3 is 14.9 Å². The lowest BCUT2D eigenvalue weighted by Gasteiger charge is -2.05. The van der Waals surface area contributed by atoms with Crippen LogP contribution >= 0.6 is 0 Å². The molecule has 0 saturated heterocycles. The fourth-order valence-corrected chi connectivity index (χ4v) is 1.16. The van der Waals surface area contributed by atoms with Crippen LogP contribution in [0.4, 0.5) is 8.78 Å². The van der Waals surface area contributed by atoms with Crippen LogP contribution in [0.5, 0.6) is 5.75 Å². The van der Waals surface area contributed by atoms with E-state index in [0.717, 1.165) is 12.1 Å². The van der Waals surface area contributed by atoms with E-state index in [0.29, 0.717) is 0 Å². The number of phenolic OH excluding ortho intramolecular Hbond substituents is 1. The highest BCUT2D eigenvalue weighted by molar-refractivity contribution is 5.67. The van der Waals surface area contributed by atoms with Crippen molar-refractivity contribution in [1.29, 1.82) is 0 Å². The van der Waals surface area contributed by atoms with Crippen molar-refractivity contribution in [3.63, 3.8) is 0 Å². The first kappa shape index (κ1) is 12.4. The van der Waals surface area contributed by atoms with Crippen molar-refractivity contribution in [2.24, 2.45) is 0 Å². The van der Waals surface area contributed by atoms with Crippen LogP contribution in [0.25, 0.3) is 0 Å². The fourth-order valence-electron chi connectivity index (χ4n) is 1.16. The van der Waals surface area contributed by atoms with Gasteiger partial charge in [0.2, 0.25) is 0 Å². The van der Waals surface area contributed by atoms with Crippen LogP contribution in [0.15, 0.2) is 12.1 Å². The number of benzene rings is 1. The first-order valence-corrected chi connectivity index (χ1v) is 4.47. The highest BCUT2D eigenvalue weighted by Gasteiger charge is 2.10. The Labute approximate surface area is 90.1 Å². The van der Waals surface area contributed by atoms with Crippen LogP contribution in [0.3, 0.4) is 0 Å². The Morgan fingerprint density at radius 1 is 1.31 bits per heavy atom. The van der Waals surface area contributed by atoms with Gasteiger partial charge in [0.1, 0.15) is 24.0 Å². The number of carbonyl (C=O) groups is 1.